The van der Waals surface area contributed by atoms with E-state index in [-0.39, 0.29) is 93.3 Å². The number of nitrogens with one attached hydrogen (secondary N) is 2. The van der Waals surface area contributed by atoms with Crippen LogP contribution in [0, 0.1) is 23.7 Å². The van der Waals surface area contributed by atoms with Gasteiger partial charge in [0.05, 0.1) is 6.10 Å². The number of unbranched alkanes of at least 4 members (excludes halogenated alkanes) is 3. The van der Waals surface area contributed by atoms with Gasteiger partial charge in [0.25, 0.3) is 0 Å². The first-order valence-corrected chi connectivity index (χ1v) is 20.4. The summed E-state index contributed by atoms with van der Waals surface area (Å²) in [6.45, 7) is 11.9. The summed E-state index contributed by atoms with van der Waals surface area (Å²) >= 11 is 0. The largest absolute Gasteiger partial charge is 0.447 e. The highest BCUT2D eigenvalue weighted by atomic mass is 16.6. The second-order valence-corrected chi connectivity index (χ2v) is 16.1. The number of amides is 7. The predicted molar refractivity (Wildman–Crippen MR) is 218 cm³/mol. The monoisotopic (exact) mass is 814 g/mol. The highest BCUT2D eigenvalue weighted by molar-refractivity contribution is 6.03. The van der Waals surface area contributed by atoms with E-state index in [1.165, 1.54) is 14.7 Å². The average molecular weight is 815 g/mol. The summed E-state index contributed by atoms with van der Waals surface area (Å²) < 4.78 is 10.5. The van der Waals surface area contributed by atoms with Crippen molar-refractivity contribution in [1.82, 2.24) is 20.0 Å². The summed E-state index contributed by atoms with van der Waals surface area (Å²) in [5.74, 6) is -2.75. The molecule has 16 nitrogen and oxygen atoms in total. The zero-order valence-corrected chi connectivity index (χ0v) is 35.7. The van der Waals surface area contributed by atoms with Crippen molar-refractivity contribution in [1.29, 1.82) is 0 Å². The lowest BCUT2D eigenvalue weighted by Crippen LogP contribution is -2.47. The van der Waals surface area contributed by atoms with Crippen molar-refractivity contribution in [2.75, 3.05) is 39.0 Å². The molecule has 1 saturated heterocycles. The fourth-order valence-electron chi connectivity index (χ4n) is 6.35. The van der Waals surface area contributed by atoms with E-state index < -0.39 is 41.9 Å². The first-order chi connectivity index (χ1) is 27.3. The Morgan fingerprint density at radius 3 is 2.02 bits per heavy atom. The zero-order valence-electron chi connectivity index (χ0n) is 35.7. The molecule has 0 aliphatic carbocycles. The molecule has 16 heteroatoms. The van der Waals surface area contributed by atoms with Gasteiger partial charge in [-0.3, -0.25) is 33.7 Å². The second-order valence-electron chi connectivity index (χ2n) is 16.1. The predicted octanol–water partition coefficient (Wildman–Crippen LogP) is 5.02. The SMILES string of the molecule is CC(C)OC(=O)N(C)CCN(C)C(=O)OCc1ccc(NC(=O)[C@H](CCCCC(N)=O)NC(=O)[C@H](CC(=O)CCCCCN2C(=O)CC(C(C)C)C2=O)C(C)C)cc1. The number of ketones is 1. The maximum atomic E-state index is 13.6. The molecule has 58 heavy (non-hydrogen) atoms. The molecular formula is C42H66N6O10. The Kier molecular flexibility index (Phi) is 20.9. The first-order valence-electron chi connectivity index (χ1n) is 20.4. The summed E-state index contributed by atoms with van der Waals surface area (Å²) in [4.78, 5) is 105. The smallest absolute Gasteiger partial charge is 0.409 e. The summed E-state index contributed by atoms with van der Waals surface area (Å²) in [5, 5.41) is 5.67. The van der Waals surface area contributed by atoms with Gasteiger partial charge in [0, 0.05) is 76.9 Å². The number of hydrogen-bond donors (Lipinski definition) is 3. The standard InChI is InChI=1S/C42H66N6O10/c1-27(2)33(24-32(49)14-10-9-13-21-48-37(51)25-34(28(3)4)40(48)54)38(52)45-35(15-11-12-16-36(43)50)39(53)44-31-19-17-30(18-20-31)26-57-41(55)46(7)22-23-47(8)42(56)58-29(5)6/h17-20,27-29,33-35H,9-16,21-26H2,1-8H3,(H2,43,50)(H,44,53)(H,45,52)/t33-,34?,35+/m1/s1. The topological polar surface area (TPSA) is 215 Å². The number of primary amides is 1. The van der Waals surface area contributed by atoms with Crippen molar-refractivity contribution in [3.8, 4) is 0 Å². The molecule has 0 bridgehead atoms. The molecule has 324 valence electrons. The van der Waals surface area contributed by atoms with Gasteiger partial charge in [0.1, 0.15) is 18.4 Å². The van der Waals surface area contributed by atoms with Crippen LogP contribution in [0.2, 0.25) is 0 Å². The summed E-state index contributed by atoms with van der Waals surface area (Å²) in [6.07, 6.45) is 2.25. The maximum Gasteiger partial charge on any atom is 0.409 e. The van der Waals surface area contributed by atoms with Gasteiger partial charge in [0.15, 0.2) is 0 Å². The minimum atomic E-state index is -0.953. The molecule has 3 atom stereocenters. The van der Waals surface area contributed by atoms with Gasteiger partial charge in [-0.25, -0.2) is 9.59 Å². The molecule has 0 aromatic heterocycles. The third-order valence-electron chi connectivity index (χ3n) is 10.1. The lowest BCUT2D eigenvalue weighted by molar-refractivity contribution is -0.140. The average Bonchev–Trinajstić information content (AvgIpc) is 3.44. The van der Waals surface area contributed by atoms with Gasteiger partial charge in [0.2, 0.25) is 29.5 Å². The maximum absolute atomic E-state index is 13.6. The molecule has 0 radical (unpaired) electrons. The van der Waals surface area contributed by atoms with Crippen molar-refractivity contribution in [3.05, 3.63) is 29.8 Å². The molecule has 1 heterocycles. The number of likely N-dealkylation sites (N-methyl/N-ethyl adjacent to an activating group) is 2. The van der Waals surface area contributed by atoms with Gasteiger partial charge in [-0.2, -0.15) is 0 Å². The lowest BCUT2D eigenvalue weighted by Gasteiger charge is -2.24. The molecule has 0 spiro atoms. The van der Waals surface area contributed by atoms with E-state index in [0.717, 1.165) is 0 Å². The highest BCUT2D eigenvalue weighted by Gasteiger charge is 2.39. The van der Waals surface area contributed by atoms with E-state index >= 15 is 0 Å². The van der Waals surface area contributed by atoms with Crippen LogP contribution in [0.5, 0.6) is 0 Å². The van der Waals surface area contributed by atoms with Crippen LogP contribution in [0.15, 0.2) is 24.3 Å². The summed E-state index contributed by atoms with van der Waals surface area (Å²) in [7, 11) is 3.14. The van der Waals surface area contributed by atoms with E-state index in [2.05, 4.69) is 10.6 Å². The van der Waals surface area contributed by atoms with Gasteiger partial charge < -0.3 is 35.6 Å². The highest BCUT2D eigenvalue weighted by Crippen LogP contribution is 2.27. The number of ether oxygens (including phenoxy) is 2. The lowest BCUT2D eigenvalue weighted by atomic mass is 9.88. The number of anilines is 1. The number of likely N-dealkylation sites (tertiary alicyclic amines) is 1. The molecule has 1 fully saturated rings. The van der Waals surface area contributed by atoms with Gasteiger partial charge >= 0.3 is 12.2 Å². The fourth-order valence-corrected chi connectivity index (χ4v) is 6.35. The second kappa shape index (κ2) is 24.7. The van der Waals surface area contributed by atoms with E-state index in [9.17, 15) is 38.4 Å². The number of rotatable bonds is 25. The minimum Gasteiger partial charge on any atom is -0.447 e. The van der Waals surface area contributed by atoms with E-state index in [1.54, 1.807) is 52.2 Å². The van der Waals surface area contributed by atoms with Crippen LogP contribution in [0.1, 0.15) is 111 Å². The first kappa shape index (κ1) is 49.1. The van der Waals surface area contributed by atoms with Crippen molar-refractivity contribution in [3.63, 3.8) is 0 Å². The molecule has 4 N–H and O–H groups in total. The molecule has 2 rings (SSSR count). The van der Waals surface area contributed by atoms with Crippen LogP contribution in [-0.4, -0.2) is 108 Å². The minimum absolute atomic E-state index is 0.00445. The van der Waals surface area contributed by atoms with E-state index in [0.29, 0.717) is 49.9 Å². The Labute approximate surface area is 343 Å². The van der Waals surface area contributed by atoms with Crippen LogP contribution < -0.4 is 16.4 Å². The Bertz CT molecular complexity index is 1560. The number of nitrogens with two attached hydrogens (primary N) is 1. The summed E-state index contributed by atoms with van der Waals surface area (Å²) in [6, 6.07) is 5.71. The number of Topliss-reactive ketones (excluding diaryl/α,β-unsaturated/α-hetero) is 1. The number of hydrogen-bond acceptors (Lipinski definition) is 10. The van der Waals surface area contributed by atoms with Crippen LogP contribution in [0.4, 0.5) is 15.3 Å². The van der Waals surface area contributed by atoms with E-state index in [4.69, 9.17) is 15.2 Å². The number of carbonyl (C=O) groups is 8. The molecule has 0 saturated carbocycles. The van der Waals surface area contributed by atoms with Crippen LogP contribution in [0.3, 0.4) is 0 Å². The molecule has 1 aliphatic heterocycles. The van der Waals surface area contributed by atoms with Gasteiger partial charge in [-0.05, 0) is 69.1 Å². The molecule has 7 amide bonds. The van der Waals surface area contributed by atoms with Crippen molar-refractivity contribution >= 4 is 53.2 Å². The van der Waals surface area contributed by atoms with Crippen LogP contribution in [0.25, 0.3) is 0 Å². The zero-order chi connectivity index (χ0) is 43.5. The van der Waals surface area contributed by atoms with Crippen LogP contribution >= 0.6 is 0 Å². The Balaban J connectivity index is 1.92. The third-order valence-corrected chi connectivity index (χ3v) is 10.1. The van der Waals surface area contributed by atoms with Gasteiger partial charge in [-0.15, -0.1) is 0 Å². The number of benzene rings is 1. The number of carbonyl (C=O) groups excluding carboxylic acids is 8. The molecular weight excluding hydrogens is 748 g/mol. The molecule has 1 aliphatic rings. The number of imide groups is 1. The Morgan fingerprint density at radius 2 is 1.45 bits per heavy atom. The summed E-state index contributed by atoms with van der Waals surface area (Å²) in [5.41, 5.74) is 6.40. The molecule has 1 unspecified atom stereocenters. The Hall–Kier alpha value is -5.02. The van der Waals surface area contributed by atoms with E-state index in [1.807, 2.05) is 27.7 Å². The molecule has 1 aromatic rings. The third kappa shape index (κ3) is 17.2. The van der Waals surface area contributed by atoms with Crippen LogP contribution in [-0.2, 0) is 44.8 Å². The van der Waals surface area contributed by atoms with Crippen molar-refractivity contribution in [2.24, 2.45) is 29.4 Å². The normalized spacial score (nSPS) is 15.0. The van der Waals surface area contributed by atoms with Crippen molar-refractivity contribution < 1.29 is 47.8 Å². The molecule has 1 aromatic carbocycles. The number of nitrogens with zero attached hydrogens (tertiary/aromatic N) is 3. The van der Waals surface area contributed by atoms with Gasteiger partial charge in [-0.1, -0.05) is 52.7 Å². The quantitative estimate of drug-likeness (QED) is 0.0885. The fraction of sp³-hybridized carbons (Fsp3) is 0.667. The van der Waals surface area contributed by atoms with Crippen molar-refractivity contribution in [2.45, 2.75) is 125 Å². The Morgan fingerprint density at radius 1 is 0.828 bits per heavy atom.